The minimum Gasteiger partial charge on any atom is -0.403 e. The maximum atomic E-state index is 13.6. The molecule has 0 unspecified atom stereocenters. The van der Waals surface area contributed by atoms with E-state index in [4.69, 9.17) is 5.73 Å². The van der Waals surface area contributed by atoms with Crippen molar-refractivity contribution in [3.05, 3.63) is 70.8 Å². The SMILES string of the molecule is Cc1ccc(C(=O)Nc2ccc(F)c(OC(F)(F)F)c2)cc1N1Cc2cnc(N)nc2CC1=O. The summed E-state index contributed by atoms with van der Waals surface area (Å²) < 4.78 is 54.7. The predicted molar refractivity (Wildman–Crippen MR) is 114 cm³/mol. The van der Waals surface area contributed by atoms with Crippen molar-refractivity contribution in [1.82, 2.24) is 9.97 Å². The molecule has 34 heavy (non-hydrogen) atoms. The van der Waals surface area contributed by atoms with E-state index in [-0.39, 0.29) is 36.1 Å². The molecule has 0 bridgehead atoms. The van der Waals surface area contributed by atoms with Gasteiger partial charge in [-0.15, -0.1) is 13.2 Å². The zero-order valence-corrected chi connectivity index (χ0v) is 17.6. The number of anilines is 3. The first-order valence-corrected chi connectivity index (χ1v) is 9.88. The highest BCUT2D eigenvalue weighted by molar-refractivity contribution is 6.06. The first-order chi connectivity index (χ1) is 16.0. The fraction of sp³-hybridized carbons (Fsp3) is 0.182. The van der Waals surface area contributed by atoms with Crippen LogP contribution >= 0.6 is 0 Å². The molecular weight excluding hydrogens is 458 g/mol. The molecule has 1 aromatic heterocycles. The first-order valence-electron chi connectivity index (χ1n) is 9.88. The molecule has 0 atom stereocenters. The molecule has 3 N–H and O–H groups in total. The number of alkyl halides is 3. The van der Waals surface area contributed by atoms with Gasteiger partial charge in [0.15, 0.2) is 11.6 Å². The quantitative estimate of drug-likeness (QED) is 0.557. The lowest BCUT2D eigenvalue weighted by molar-refractivity contribution is -0.275. The van der Waals surface area contributed by atoms with Crippen molar-refractivity contribution >= 4 is 29.1 Å². The van der Waals surface area contributed by atoms with Crippen LogP contribution in [0.4, 0.5) is 34.9 Å². The van der Waals surface area contributed by atoms with Crippen molar-refractivity contribution in [3.63, 3.8) is 0 Å². The van der Waals surface area contributed by atoms with Gasteiger partial charge in [-0.2, -0.15) is 0 Å². The van der Waals surface area contributed by atoms with Gasteiger partial charge in [0.25, 0.3) is 5.91 Å². The second-order valence-electron chi connectivity index (χ2n) is 7.51. The fourth-order valence-corrected chi connectivity index (χ4v) is 3.49. The Kier molecular flexibility index (Phi) is 5.82. The van der Waals surface area contributed by atoms with Crippen LogP contribution in [0.3, 0.4) is 0 Å². The number of nitrogens with two attached hydrogens (primary N) is 1. The number of carbonyl (C=O) groups excluding carboxylic acids is 2. The summed E-state index contributed by atoms with van der Waals surface area (Å²) >= 11 is 0. The molecule has 0 fully saturated rings. The summed E-state index contributed by atoms with van der Waals surface area (Å²) in [6.07, 6.45) is -3.54. The van der Waals surface area contributed by atoms with Gasteiger partial charge in [-0.1, -0.05) is 6.07 Å². The summed E-state index contributed by atoms with van der Waals surface area (Å²) in [7, 11) is 0. The molecule has 3 aromatic rings. The lowest BCUT2D eigenvalue weighted by Gasteiger charge is -2.29. The van der Waals surface area contributed by atoms with Crippen LogP contribution in [0.5, 0.6) is 5.75 Å². The van der Waals surface area contributed by atoms with E-state index in [9.17, 15) is 27.2 Å². The summed E-state index contributed by atoms with van der Waals surface area (Å²) in [6.45, 7) is 1.94. The molecule has 2 aromatic carbocycles. The maximum absolute atomic E-state index is 13.6. The molecule has 4 rings (SSSR count). The molecule has 0 radical (unpaired) electrons. The number of amides is 2. The van der Waals surface area contributed by atoms with Gasteiger partial charge < -0.3 is 20.7 Å². The number of hydrogen-bond donors (Lipinski definition) is 2. The topological polar surface area (TPSA) is 110 Å². The Balaban J connectivity index is 1.58. The Morgan fingerprint density at radius 2 is 1.97 bits per heavy atom. The van der Waals surface area contributed by atoms with Crippen LogP contribution in [0, 0.1) is 12.7 Å². The molecule has 2 amide bonds. The van der Waals surface area contributed by atoms with Crippen molar-refractivity contribution in [2.75, 3.05) is 16.0 Å². The van der Waals surface area contributed by atoms with Crippen molar-refractivity contribution in [2.24, 2.45) is 0 Å². The molecule has 1 aliphatic rings. The Morgan fingerprint density at radius 3 is 2.71 bits per heavy atom. The zero-order valence-electron chi connectivity index (χ0n) is 17.6. The van der Waals surface area contributed by atoms with Crippen LogP contribution < -0.4 is 20.7 Å². The Morgan fingerprint density at radius 1 is 1.21 bits per heavy atom. The van der Waals surface area contributed by atoms with E-state index >= 15 is 0 Å². The van der Waals surface area contributed by atoms with E-state index in [1.54, 1.807) is 13.0 Å². The van der Waals surface area contributed by atoms with Crippen LogP contribution in [0.1, 0.15) is 27.2 Å². The molecule has 176 valence electrons. The molecule has 0 saturated carbocycles. The van der Waals surface area contributed by atoms with Gasteiger partial charge in [0.2, 0.25) is 11.9 Å². The lowest BCUT2D eigenvalue weighted by atomic mass is 10.0. The molecule has 0 spiro atoms. The summed E-state index contributed by atoms with van der Waals surface area (Å²) in [6, 6.07) is 7.19. The number of nitrogens with zero attached hydrogens (tertiary/aromatic N) is 3. The molecule has 0 aliphatic carbocycles. The number of aryl methyl sites for hydroxylation is 1. The summed E-state index contributed by atoms with van der Waals surface area (Å²) in [5, 5.41) is 2.40. The zero-order chi connectivity index (χ0) is 24.6. The number of fused-ring (bicyclic) bond motifs is 1. The number of aromatic nitrogens is 2. The van der Waals surface area contributed by atoms with Gasteiger partial charge in [0.05, 0.1) is 18.7 Å². The Bertz CT molecular complexity index is 1300. The lowest BCUT2D eigenvalue weighted by Crippen LogP contribution is -2.37. The van der Waals surface area contributed by atoms with E-state index < -0.39 is 23.8 Å². The highest BCUT2D eigenvalue weighted by Crippen LogP contribution is 2.30. The van der Waals surface area contributed by atoms with Crippen LogP contribution in [0.2, 0.25) is 0 Å². The van der Waals surface area contributed by atoms with E-state index in [2.05, 4.69) is 20.0 Å². The number of benzene rings is 2. The predicted octanol–water partition coefficient (Wildman–Crippen LogP) is 3.75. The third-order valence-electron chi connectivity index (χ3n) is 5.10. The summed E-state index contributed by atoms with van der Waals surface area (Å²) in [5.41, 5.74) is 8.05. The normalized spacial score (nSPS) is 13.4. The molecule has 12 heteroatoms. The van der Waals surface area contributed by atoms with Crippen molar-refractivity contribution in [2.45, 2.75) is 26.3 Å². The van der Waals surface area contributed by atoms with Crippen molar-refractivity contribution in [1.29, 1.82) is 0 Å². The molecule has 8 nitrogen and oxygen atoms in total. The minimum absolute atomic E-state index is 0.00940. The van der Waals surface area contributed by atoms with Gasteiger partial charge in [-0.05, 0) is 36.8 Å². The minimum atomic E-state index is -5.09. The third kappa shape index (κ3) is 4.90. The van der Waals surface area contributed by atoms with Crippen LogP contribution in [0.25, 0.3) is 0 Å². The average molecular weight is 475 g/mol. The van der Waals surface area contributed by atoms with Crippen molar-refractivity contribution in [3.8, 4) is 5.75 Å². The van der Waals surface area contributed by atoms with E-state index in [0.717, 1.165) is 18.2 Å². The summed E-state index contributed by atoms with van der Waals surface area (Å²) in [4.78, 5) is 35.0. The van der Waals surface area contributed by atoms with Crippen LogP contribution in [-0.2, 0) is 17.8 Å². The number of hydrogen-bond acceptors (Lipinski definition) is 6. The number of rotatable bonds is 4. The van der Waals surface area contributed by atoms with E-state index in [0.29, 0.717) is 22.5 Å². The van der Waals surface area contributed by atoms with E-state index in [1.807, 2.05) is 0 Å². The number of ether oxygens (including phenoxy) is 1. The molecule has 2 heterocycles. The van der Waals surface area contributed by atoms with E-state index in [1.165, 1.54) is 23.2 Å². The smallest absolute Gasteiger partial charge is 0.403 e. The summed E-state index contributed by atoms with van der Waals surface area (Å²) in [5.74, 6) is -3.16. The number of carbonyl (C=O) groups is 2. The third-order valence-corrected chi connectivity index (χ3v) is 5.10. The number of nitrogen functional groups attached to an aromatic ring is 1. The second kappa shape index (κ2) is 8.61. The standard InChI is InChI=1S/C22H17F4N5O3/c1-11-2-3-12(20(33)29-14-4-5-15(23)18(7-14)34-22(24,25)26)6-17(11)31-10-13-9-28-21(27)30-16(13)8-19(31)32/h2-7,9H,8,10H2,1H3,(H,29,33)(H2,27,28,30). The number of halogens is 4. The monoisotopic (exact) mass is 475 g/mol. The first kappa shape index (κ1) is 23.0. The largest absolute Gasteiger partial charge is 0.573 e. The van der Waals surface area contributed by atoms with Gasteiger partial charge in [0.1, 0.15) is 0 Å². The molecular formula is C22H17F4N5O3. The van der Waals surface area contributed by atoms with Gasteiger partial charge in [-0.3, -0.25) is 9.59 Å². The fourth-order valence-electron chi connectivity index (χ4n) is 3.49. The van der Waals surface area contributed by atoms with Gasteiger partial charge in [0, 0.05) is 34.8 Å². The maximum Gasteiger partial charge on any atom is 0.573 e. The van der Waals surface area contributed by atoms with Crippen LogP contribution in [-0.4, -0.2) is 28.1 Å². The average Bonchev–Trinajstić information content (AvgIpc) is 2.75. The van der Waals surface area contributed by atoms with Gasteiger partial charge in [-0.25, -0.2) is 14.4 Å². The van der Waals surface area contributed by atoms with Crippen LogP contribution in [0.15, 0.2) is 42.6 Å². The Hall–Kier alpha value is -4.22. The Labute approximate surface area is 190 Å². The van der Waals surface area contributed by atoms with Crippen molar-refractivity contribution < 1.29 is 31.9 Å². The molecule has 1 aliphatic heterocycles. The second-order valence-corrected chi connectivity index (χ2v) is 7.51. The highest BCUT2D eigenvalue weighted by Gasteiger charge is 2.32. The number of nitrogens with one attached hydrogen (secondary N) is 1. The highest BCUT2D eigenvalue weighted by atomic mass is 19.4. The van der Waals surface area contributed by atoms with Gasteiger partial charge >= 0.3 is 6.36 Å². The molecule has 0 saturated heterocycles.